The number of esters is 1. The van der Waals surface area contributed by atoms with E-state index in [0.29, 0.717) is 25.7 Å². The van der Waals surface area contributed by atoms with Crippen molar-refractivity contribution in [2.24, 2.45) is 0 Å². The number of aliphatic hydroxyl groups is 1. The molecular formula is C21H26O3. The summed E-state index contributed by atoms with van der Waals surface area (Å²) in [6, 6.07) is 20.0. The molecule has 0 unspecified atom stereocenters. The fraction of sp³-hybridized carbons (Fsp3) is 0.381. The van der Waals surface area contributed by atoms with Crippen molar-refractivity contribution in [3.05, 3.63) is 71.8 Å². The number of hydrogen-bond donors (Lipinski definition) is 1. The number of rotatable bonds is 9. The summed E-state index contributed by atoms with van der Waals surface area (Å²) < 4.78 is 5.40. The van der Waals surface area contributed by atoms with Crippen molar-refractivity contribution >= 4 is 5.97 Å². The van der Waals surface area contributed by atoms with E-state index in [-0.39, 0.29) is 12.1 Å². The first-order chi connectivity index (χ1) is 11.6. The third-order valence-electron chi connectivity index (χ3n) is 4.01. The Labute approximate surface area is 144 Å². The van der Waals surface area contributed by atoms with Crippen LogP contribution < -0.4 is 0 Å². The Morgan fingerprint density at radius 1 is 0.958 bits per heavy atom. The third-order valence-corrected chi connectivity index (χ3v) is 4.01. The van der Waals surface area contributed by atoms with E-state index in [0.717, 1.165) is 12.0 Å². The molecule has 2 aromatic carbocycles. The van der Waals surface area contributed by atoms with E-state index >= 15 is 0 Å². The van der Waals surface area contributed by atoms with Gasteiger partial charge in [-0.25, -0.2) is 0 Å². The molecular weight excluding hydrogens is 300 g/mol. The standard InChI is InChI=1S/C21H26O3/c1-17(16-20(22)14-12-18-8-4-2-5-9-18)24-21(23)15-13-19-10-6-3-7-11-19/h2-11,17,20,22H,12-16H2,1H3/t17-,20-/m1/s1. The molecule has 128 valence electrons. The van der Waals surface area contributed by atoms with E-state index in [4.69, 9.17) is 4.74 Å². The summed E-state index contributed by atoms with van der Waals surface area (Å²) >= 11 is 0. The lowest BCUT2D eigenvalue weighted by Gasteiger charge is -2.17. The minimum atomic E-state index is -0.456. The Bertz CT molecular complexity index is 595. The summed E-state index contributed by atoms with van der Waals surface area (Å²) in [6.45, 7) is 1.84. The highest BCUT2D eigenvalue weighted by molar-refractivity contribution is 5.69. The molecule has 3 heteroatoms. The minimum Gasteiger partial charge on any atom is -0.463 e. The van der Waals surface area contributed by atoms with Crippen LogP contribution in [0.5, 0.6) is 0 Å². The Balaban J connectivity index is 1.64. The molecule has 0 radical (unpaired) electrons. The number of ether oxygens (including phenoxy) is 1. The van der Waals surface area contributed by atoms with Crippen LogP contribution in [0.3, 0.4) is 0 Å². The van der Waals surface area contributed by atoms with Crippen LogP contribution in [0.15, 0.2) is 60.7 Å². The summed E-state index contributed by atoms with van der Waals surface area (Å²) in [4.78, 5) is 11.9. The number of carbonyl (C=O) groups is 1. The van der Waals surface area contributed by atoms with E-state index in [1.165, 1.54) is 5.56 Å². The molecule has 2 atom stereocenters. The van der Waals surface area contributed by atoms with Crippen molar-refractivity contribution in [1.82, 2.24) is 0 Å². The van der Waals surface area contributed by atoms with Gasteiger partial charge in [0.2, 0.25) is 0 Å². The molecule has 2 aromatic rings. The van der Waals surface area contributed by atoms with E-state index in [1.54, 1.807) is 0 Å². The highest BCUT2D eigenvalue weighted by atomic mass is 16.5. The van der Waals surface area contributed by atoms with Crippen LogP contribution in [0.25, 0.3) is 0 Å². The topological polar surface area (TPSA) is 46.5 Å². The second-order valence-corrected chi connectivity index (χ2v) is 6.20. The maximum atomic E-state index is 11.9. The SMILES string of the molecule is C[C@H](C[C@H](O)CCc1ccccc1)OC(=O)CCc1ccccc1. The van der Waals surface area contributed by atoms with Crippen LogP contribution in [-0.4, -0.2) is 23.3 Å². The molecule has 0 heterocycles. The van der Waals surface area contributed by atoms with Gasteiger partial charge in [-0.3, -0.25) is 4.79 Å². The van der Waals surface area contributed by atoms with Crippen molar-refractivity contribution in [1.29, 1.82) is 0 Å². The first kappa shape index (κ1) is 18.2. The normalized spacial score (nSPS) is 13.2. The first-order valence-corrected chi connectivity index (χ1v) is 8.59. The monoisotopic (exact) mass is 326 g/mol. The van der Waals surface area contributed by atoms with Crippen molar-refractivity contribution in [3.8, 4) is 0 Å². The maximum absolute atomic E-state index is 11.9. The van der Waals surface area contributed by atoms with Crippen molar-refractivity contribution in [3.63, 3.8) is 0 Å². The van der Waals surface area contributed by atoms with Crippen molar-refractivity contribution in [2.75, 3.05) is 0 Å². The van der Waals surface area contributed by atoms with Gasteiger partial charge >= 0.3 is 5.97 Å². The van der Waals surface area contributed by atoms with Crippen molar-refractivity contribution in [2.45, 2.75) is 51.2 Å². The molecule has 0 bridgehead atoms. The minimum absolute atomic E-state index is 0.207. The third kappa shape index (κ3) is 6.97. The van der Waals surface area contributed by atoms with Gasteiger partial charge < -0.3 is 9.84 Å². The largest absolute Gasteiger partial charge is 0.463 e. The lowest BCUT2D eigenvalue weighted by Crippen LogP contribution is -2.22. The second-order valence-electron chi connectivity index (χ2n) is 6.20. The van der Waals surface area contributed by atoms with E-state index in [1.807, 2.05) is 55.5 Å². The molecule has 0 saturated carbocycles. The molecule has 0 spiro atoms. The molecule has 0 aliphatic rings. The number of benzene rings is 2. The smallest absolute Gasteiger partial charge is 0.306 e. The van der Waals surface area contributed by atoms with Crippen LogP contribution in [0.1, 0.15) is 37.3 Å². The summed E-state index contributed by atoms with van der Waals surface area (Å²) in [5.74, 6) is -0.207. The summed E-state index contributed by atoms with van der Waals surface area (Å²) in [6.07, 6.45) is 2.31. The van der Waals surface area contributed by atoms with Crippen LogP contribution in [-0.2, 0) is 22.4 Å². The zero-order chi connectivity index (χ0) is 17.2. The van der Waals surface area contributed by atoms with Crippen LogP contribution in [0, 0.1) is 0 Å². The van der Waals surface area contributed by atoms with Crippen molar-refractivity contribution < 1.29 is 14.6 Å². The van der Waals surface area contributed by atoms with Gasteiger partial charge in [-0.15, -0.1) is 0 Å². The molecule has 0 aliphatic heterocycles. The van der Waals surface area contributed by atoms with Gasteiger partial charge in [0.1, 0.15) is 6.10 Å². The summed E-state index contributed by atoms with van der Waals surface area (Å²) in [5, 5.41) is 10.1. The Morgan fingerprint density at radius 3 is 2.08 bits per heavy atom. The van der Waals surface area contributed by atoms with E-state index in [2.05, 4.69) is 12.1 Å². The quantitative estimate of drug-likeness (QED) is 0.710. The van der Waals surface area contributed by atoms with Gasteiger partial charge in [0, 0.05) is 12.8 Å². The van der Waals surface area contributed by atoms with E-state index in [9.17, 15) is 9.90 Å². The first-order valence-electron chi connectivity index (χ1n) is 8.59. The molecule has 0 fully saturated rings. The molecule has 0 amide bonds. The predicted molar refractivity (Wildman–Crippen MR) is 95.7 cm³/mol. The van der Waals surface area contributed by atoms with Gasteiger partial charge in [-0.1, -0.05) is 60.7 Å². The van der Waals surface area contributed by atoms with Crippen LogP contribution in [0.2, 0.25) is 0 Å². The molecule has 0 aromatic heterocycles. The Kier molecular flexibility index (Phi) is 7.50. The number of carbonyl (C=O) groups excluding carboxylic acids is 1. The lowest BCUT2D eigenvalue weighted by molar-refractivity contribution is -0.149. The Hall–Kier alpha value is -2.13. The number of aliphatic hydroxyl groups excluding tert-OH is 1. The average molecular weight is 326 g/mol. The molecule has 3 nitrogen and oxygen atoms in total. The van der Waals surface area contributed by atoms with Gasteiger partial charge in [-0.05, 0) is 37.3 Å². The molecule has 2 rings (SSSR count). The van der Waals surface area contributed by atoms with Gasteiger partial charge in [-0.2, -0.15) is 0 Å². The van der Waals surface area contributed by atoms with Gasteiger partial charge in [0.25, 0.3) is 0 Å². The molecule has 0 aliphatic carbocycles. The van der Waals surface area contributed by atoms with Crippen LogP contribution in [0.4, 0.5) is 0 Å². The molecule has 24 heavy (non-hydrogen) atoms. The highest BCUT2D eigenvalue weighted by Gasteiger charge is 2.14. The zero-order valence-electron chi connectivity index (χ0n) is 14.2. The fourth-order valence-corrected chi connectivity index (χ4v) is 2.70. The maximum Gasteiger partial charge on any atom is 0.306 e. The highest BCUT2D eigenvalue weighted by Crippen LogP contribution is 2.12. The number of aryl methyl sites for hydroxylation is 2. The van der Waals surface area contributed by atoms with E-state index < -0.39 is 6.10 Å². The zero-order valence-corrected chi connectivity index (χ0v) is 14.2. The second kappa shape index (κ2) is 9.89. The lowest BCUT2D eigenvalue weighted by atomic mass is 10.0. The molecule has 0 saturated heterocycles. The van der Waals surface area contributed by atoms with Crippen LogP contribution >= 0.6 is 0 Å². The molecule has 1 N–H and O–H groups in total. The average Bonchev–Trinajstić information content (AvgIpc) is 2.60. The van der Waals surface area contributed by atoms with Gasteiger partial charge in [0.05, 0.1) is 6.10 Å². The summed E-state index contributed by atoms with van der Waals surface area (Å²) in [5.41, 5.74) is 2.34. The van der Waals surface area contributed by atoms with Gasteiger partial charge in [0.15, 0.2) is 0 Å². The number of hydrogen-bond acceptors (Lipinski definition) is 3. The summed E-state index contributed by atoms with van der Waals surface area (Å²) in [7, 11) is 0. The Morgan fingerprint density at radius 2 is 1.50 bits per heavy atom. The fourth-order valence-electron chi connectivity index (χ4n) is 2.70. The predicted octanol–water partition coefficient (Wildman–Crippen LogP) is 3.93.